The lowest BCUT2D eigenvalue weighted by Crippen LogP contribution is -2.37. The fourth-order valence-electron chi connectivity index (χ4n) is 3.05. The van der Waals surface area contributed by atoms with Gasteiger partial charge in [0.05, 0.1) is 5.92 Å². The van der Waals surface area contributed by atoms with Gasteiger partial charge in [0.15, 0.2) is 5.65 Å². The number of carboxylic acid groups (broad SMARTS) is 1. The van der Waals surface area contributed by atoms with Gasteiger partial charge in [-0.3, -0.25) is 9.20 Å². The fourth-order valence-corrected chi connectivity index (χ4v) is 3.05. The zero-order chi connectivity index (χ0) is 14.7. The van der Waals surface area contributed by atoms with E-state index in [2.05, 4.69) is 15.5 Å². The molecule has 3 rings (SSSR count). The average Bonchev–Trinajstić information content (AvgIpc) is 2.91. The van der Waals surface area contributed by atoms with Crippen molar-refractivity contribution >= 4 is 11.6 Å². The Balaban J connectivity index is 1.53. The molecule has 0 radical (unpaired) electrons. The van der Waals surface area contributed by atoms with Crippen LogP contribution in [-0.4, -0.2) is 38.3 Å². The van der Waals surface area contributed by atoms with Crippen molar-refractivity contribution in [1.29, 1.82) is 0 Å². The summed E-state index contributed by atoms with van der Waals surface area (Å²) in [5.74, 6) is 0.0822. The number of hydrogen-bond acceptors (Lipinski definition) is 4. The van der Waals surface area contributed by atoms with Crippen molar-refractivity contribution in [2.24, 2.45) is 5.92 Å². The minimum Gasteiger partial charge on any atom is -0.481 e. The van der Waals surface area contributed by atoms with Crippen molar-refractivity contribution in [3.63, 3.8) is 0 Å². The number of hydrogen-bond donors (Lipinski definition) is 2. The minimum atomic E-state index is -0.662. The molecule has 0 spiro atoms. The molecule has 1 aliphatic rings. The number of rotatable bonds is 5. The van der Waals surface area contributed by atoms with Crippen molar-refractivity contribution in [2.75, 3.05) is 6.54 Å². The summed E-state index contributed by atoms with van der Waals surface area (Å²) >= 11 is 0. The molecular weight excluding hydrogens is 268 g/mol. The molecule has 21 heavy (non-hydrogen) atoms. The Kier molecular flexibility index (Phi) is 4.15. The lowest BCUT2D eigenvalue weighted by molar-refractivity contribution is -0.143. The van der Waals surface area contributed by atoms with Crippen LogP contribution in [0.3, 0.4) is 0 Å². The first-order valence-corrected chi connectivity index (χ1v) is 7.49. The first kappa shape index (κ1) is 14.0. The van der Waals surface area contributed by atoms with E-state index >= 15 is 0 Å². The number of aromatic nitrogens is 3. The Morgan fingerprint density at radius 1 is 1.38 bits per heavy atom. The summed E-state index contributed by atoms with van der Waals surface area (Å²) in [5, 5.41) is 20.9. The molecule has 1 fully saturated rings. The van der Waals surface area contributed by atoms with Crippen molar-refractivity contribution < 1.29 is 9.90 Å². The molecule has 0 aromatic carbocycles. The Morgan fingerprint density at radius 3 is 3.14 bits per heavy atom. The van der Waals surface area contributed by atoms with Crippen LogP contribution in [0, 0.1) is 5.92 Å². The molecule has 2 N–H and O–H groups in total. The Morgan fingerprint density at radius 2 is 2.29 bits per heavy atom. The van der Waals surface area contributed by atoms with E-state index in [9.17, 15) is 4.79 Å². The fraction of sp³-hybridized carbons (Fsp3) is 0.533. The third kappa shape index (κ3) is 3.21. The maximum absolute atomic E-state index is 11.1. The van der Waals surface area contributed by atoms with Crippen LogP contribution in [0.1, 0.15) is 31.5 Å². The van der Waals surface area contributed by atoms with E-state index < -0.39 is 5.97 Å². The molecule has 2 atom stereocenters. The second-order valence-electron chi connectivity index (χ2n) is 5.65. The van der Waals surface area contributed by atoms with E-state index in [1.165, 1.54) is 0 Å². The first-order valence-electron chi connectivity index (χ1n) is 7.49. The standard InChI is InChI=1S/C15H20N4O2/c20-15(21)11-4-3-5-12(10-11)16-8-7-14-18-17-13-6-1-2-9-19(13)14/h1-2,6,9,11-12,16H,3-5,7-8,10H2,(H,20,21). The summed E-state index contributed by atoms with van der Waals surface area (Å²) < 4.78 is 1.99. The Hall–Kier alpha value is -1.95. The number of carboxylic acids is 1. The van der Waals surface area contributed by atoms with Crippen LogP contribution in [0.4, 0.5) is 0 Å². The molecule has 6 nitrogen and oxygen atoms in total. The van der Waals surface area contributed by atoms with E-state index in [1.54, 1.807) is 0 Å². The highest BCUT2D eigenvalue weighted by molar-refractivity contribution is 5.70. The number of carbonyl (C=O) groups is 1. The van der Waals surface area contributed by atoms with Gasteiger partial charge in [-0.05, 0) is 31.4 Å². The molecular formula is C15H20N4O2. The second kappa shape index (κ2) is 6.22. The van der Waals surface area contributed by atoms with Crippen LogP contribution >= 0.6 is 0 Å². The highest BCUT2D eigenvalue weighted by atomic mass is 16.4. The van der Waals surface area contributed by atoms with Gasteiger partial charge in [0.1, 0.15) is 5.82 Å². The molecule has 2 aromatic heterocycles. The van der Waals surface area contributed by atoms with E-state index in [4.69, 9.17) is 5.11 Å². The molecule has 0 bridgehead atoms. The van der Waals surface area contributed by atoms with Gasteiger partial charge in [0, 0.05) is 25.2 Å². The molecule has 2 heterocycles. The van der Waals surface area contributed by atoms with Crippen molar-refractivity contribution in [1.82, 2.24) is 19.9 Å². The van der Waals surface area contributed by atoms with Crippen molar-refractivity contribution in [3.05, 3.63) is 30.2 Å². The van der Waals surface area contributed by atoms with Crippen molar-refractivity contribution in [2.45, 2.75) is 38.1 Å². The zero-order valence-corrected chi connectivity index (χ0v) is 11.9. The zero-order valence-electron chi connectivity index (χ0n) is 11.9. The van der Waals surface area contributed by atoms with Gasteiger partial charge in [0.2, 0.25) is 0 Å². The van der Waals surface area contributed by atoms with Crippen LogP contribution in [0.2, 0.25) is 0 Å². The average molecular weight is 288 g/mol. The largest absolute Gasteiger partial charge is 0.481 e. The molecule has 0 amide bonds. The predicted molar refractivity (Wildman–Crippen MR) is 78.1 cm³/mol. The first-order chi connectivity index (χ1) is 10.2. The van der Waals surface area contributed by atoms with Crippen LogP contribution in [0.5, 0.6) is 0 Å². The third-order valence-corrected chi connectivity index (χ3v) is 4.19. The smallest absolute Gasteiger partial charge is 0.306 e. The van der Waals surface area contributed by atoms with Gasteiger partial charge in [-0.2, -0.15) is 0 Å². The molecule has 6 heteroatoms. The number of nitrogens with one attached hydrogen (secondary N) is 1. The highest BCUT2D eigenvalue weighted by Gasteiger charge is 2.26. The maximum atomic E-state index is 11.1. The Labute approximate surface area is 123 Å². The molecule has 2 unspecified atom stereocenters. The third-order valence-electron chi connectivity index (χ3n) is 4.19. The van der Waals surface area contributed by atoms with E-state index in [0.29, 0.717) is 6.04 Å². The molecule has 0 saturated heterocycles. The minimum absolute atomic E-state index is 0.190. The number of pyridine rings is 1. The van der Waals surface area contributed by atoms with Crippen LogP contribution in [-0.2, 0) is 11.2 Å². The summed E-state index contributed by atoms with van der Waals surface area (Å²) in [7, 11) is 0. The normalized spacial score (nSPS) is 22.5. The Bertz CT molecular complexity index is 625. The highest BCUT2D eigenvalue weighted by Crippen LogP contribution is 2.24. The quantitative estimate of drug-likeness (QED) is 0.871. The predicted octanol–water partition coefficient (Wildman–Crippen LogP) is 1.50. The summed E-state index contributed by atoms with van der Waals surface area (Å²) in [6.07, 6.45) is 6.34. The van der Waals surface area contributed by atoms with E-state index in [1.807, 2.05) is 28.8 Å². The van der Waals surface area contributed by atoms with Gasteiger partial charge >= 0.3 is 5.97 Å². The van der Waals surface area contributed by atoms with Gasteiger partial charge in [-0.25, -0.2) is 0 Å². The number of aliphatic carboxylic acids is 1. The van der Waals surface area contributed by atoms with Gasteiger partial charge in [-0.15, -0.1) is 10.2 Å². The molecule has 112 valence electrons. The van der Waals surface area contributed by atoms with Crippen LogP contribution in [0.15, 0.2) is 24.4 Å². The monoisotopic (exact) mass is 288 g/mol. The van der Waals surface area contributed by atoms with Crippen LogP contribution < -0.4 is 5.32 Å². The molecule has 2 aromatic rings. The summed E-state index contributed by atoms with van der Waals surface area (Å²) in [4.78, 5) is 11.1. The topological polar surface area (TPSA) is 79.5 Å². The van der Waals surface area contributed by atoms with Crippen LogP contribution in [0.25, 0.3) is 5.65 Å². The van der Waals surface area contributed by atoms with E-state index in [-0.39, 0.29) is 5.92 Å². The van der Waals surface area contributed by atoms with Gasteiger partial charge < -0.3 is 10.4 Å². The molecule has 0 aliphatic heterocycles. The molecule has 1 saturated carbocycles. The maximum Gasteiger partial charge on any atom is 0.306 e. The summed E-state index contributed by atoms with van der Waals surface area (Å²) in [6.45, 7) is 0.798. The lowest BCUT2D eigenvalue weighted by Gasteiger charge is -2.27. The number of nitrogens with zero attached hydrogens (tertiary/aromatic N) is 3. The number of fused-ring (bicyclic) bond motifs is 1. The van der Waals surface area contributed by atoms with Crippen molar-refractivity contribution in [3.8, 4) is 0 Å². The second-order valence-corrected chi connectivity index (χ2v) is 5.65. The SMILES string of the molecule is O=C(O)C1CCCC(NCCc2nnc3ccccn23)C1. The summed E-state index contributed by atoms with van der Waals surface area (Å²) in [5.41, 5.74) is 0.858. The van der Waals surface area contributed by atoms with Gasteiger partial charge in [0.25, 0.3) is 0 Å². The summed E-state index contributed by atoms with van der Waals surface area (Å²) in [6, 6.07) is 6.15. The van der Waals surface area contributed by atoms with Gasteiger partial charge in [-0.1, -0.05) is 12.5 Å². The lowest BCUT2D eigenvalue weighted by atomic mass is 9.86. The van der Waals surface area contributed by atoms with E-state index in [0.717, 1.165) is 50.1 Å². The molecule has 1 aliphatic carbocycles.